The molecule has 0 spiro atoms. The monoisotopic (exact) mass is 237 g/mol. The summed E-state index contributed by atoms with van der Waals surface area (Å²) in [4.78, 5) is 8.51. The number of nitrogens with zero attached hydrogens (tertiary/aromatic N) is 2. The number of aromatic nitrogens is 2. The van der Waals surface area contributed by atoms with E-state index in [4.69, 9.17) is 15.2 Å². The molecule has 17 heavy (non-hydrogen) atoms. The van der Waals surface area contributed by atoms with Crippen molar-refractivity contribution in [1.82, 2.24) is 9.97 Å². The van der Waals surface area contributed by atoms with E-state index >= 15 is 0 Å². The van der Waals surface area contributed by atoms with Gasteiger partial charge in [-0.1, -0.05) is 13.8 Å². The Morgan fingerprint density at radius 3 is 3.00 bits per heavy atom. The van der Waals surface area contributed by atoms with Crippen molar-refractivity contribution >= 4 is 5.82 Å². The van der Waals surface area contributed by atoms with Crippen molar-refractivity contribution in [2.75, 3.05) is 25.6 Å². The zero-order valence-corrected chi connectivity index (χ0v) is 10.3. The van der Waals surface area contributed by atoms with Gasteiger partial charge >= 0.3 is 0 Å². The van der Waals surface area contributed by atoms with Gasteiger partial charge in [-0.3, -0.25) is 0 Å². The summed E-state index contributed by atoms with van der Waals surface area (Å²) in [6.07, 6.45) is 1.05. The first-order chi connectivity index (χ1) is 8.15. The summed E-state index contributed by atoms with van der Waals surface area (Å²) in [5.74, 6) is 2.46. The Morgan fingerprint density at radius 1 is 1.53 bits per heavy atom. The van der Waals surface area contributed by atoms with E-state index in [1.54, 1.807) is 6.07 Å². The number of hydrogen-bond acceptors (Lipinski definition) is 5. The average molecular weight is 237 g/mol. The molecule has 1 aromatic heterocycles. The number of hydrogen-bond donors (Lipinski definition) is 1. The fourth-order valence-corrected chi connectivity index (χ4v) is 1.71. The largest absolute Gasteiger partial charge is 0.477 e. The van der Waals surface area contributed by atoms with Crippen molar-refractivity contribution in [2.45, 2.75) is 26.2 Å². The Morgan fingerprint density at radius 2 is 2.35 bits per heavy atom. The van der Waals surface area contributed by atoms with E-state index in [1.807, 2.05) is 13.8 Å². The summed E-state index contributed by atoms with van der Waals surface area (Å²) in [6, 6.07) is 1.67. The zero-order valence-electron chi connectivity index (χ0n) is 10.3. The maximum absolute atomic E-state index is 5.73. The van der Waals surface area contributed by atoms with Crippen molar-refractivity contribution in [1.29, 1.82) is 0 Å². The highest BCUT2D eigenvalue weighted by Crippen LogP contribution is 2.19. The quantitative estimate of drug-likeness (QED) is 0.861. The van der Waals surface area contributed by atoms with Crippen LogP contribution in [0.1, 0.15) is 32.0 Å². The SMILES string of the molecule is CC(C)c1nc(N)cc(OCC2CCOC2)n1. The van der Waals surface area contributed by atoms with Crippen LogP contribution >= 0.6 is 0 Å². The molecule has 2 heterocycles. The first-order valence-corrected chi connectivity index (χ1v) is 6.00. The van der Waals surface area contributed by atoms with Gasteiger partial charge in [-0.05, 0) is 6.42 Å². The first-order valence-electron chi connectivity index (χ1n) is 6.00. The molecule has 0 saturated carbocycles. The van der Waals surface area contributed by atoms with Crippen molar-refractivity contribution in [3.8, 4) is 5.88 Å². The van der Waals surface area contributed by atoms with Crippen LogP contribution in [0.3, 0.4) is 0 Å². The minimum Gasteiger partial charge on any atom is -0.477 e. The lowest BCUT2D eigenvalue weighted by molar-refractivity contribution is 0.165. The van der Waals surface area contributed by atoms with Gasteiger partial charge in [0.2, 0.25) is 5.88 Å². The Bertz CT molecular complexity index is 376. The van der Waals surface area contributed by atoms with E-state index in [-0.39, 0.29) is 5.92 Å². The zero-order chi connectivity index (χ0) is 12.3. The van der Waals surface area contributed by atoms with E-state index in [0.717, 1.165) is 25.5 Å². The lowest BCUT2D eigenvalue weighted by Crippen LogP contribution is -2.13. The number of ether oxygens (including phenoxy) is 2. The van der Waals surface area contributed by atoms with Gasteiger partial charge in [-0.25, -0.2) is 4.98 Å². The molecule has 1 aliphatic rings. The fraction of sp³-hybridized carbons (Fsp3) is 0.667. The smallest absolute Gasteiger partial charge is 0.218 e. The summed E-state index contributed by atoms with van der Waals surface area (Å²) >= 11 is 0. The maximum Gasteiger partial charge on any atom is 0.218 e. The Hall–Kier alpha value is -1.36. The third-order valence-corrected chi connectivity index (χ3v) is 2.75. The van der Waals surface area contributed by atoms with Crippen LogP contribution in [0, 0.1) is 5.92 Å². The van der Waals surface area contributed by atoms with Crippen LogP contribution in [0.25, 0.3) is 0 Å². The van der Waals surface area contributed by atoms with Gasteiger partial charge < -0.3 is 15.2 Å². The first kappa shape index (κ1) is 12.1. The Balaban J connectivity index is 1.99. The second kappa shape index (κ2) is 5.31. The van der Waals surface area contributed by atoms with Gasteiger partial charge in [0.25, 0.3) is 0 Å². The topological polar surface area (TPSA) is 70.3 Å². The molecule has 1 fully saturated rings. The summed E-state index contributed by atoms with van der Waals surface area (Å²) in [5, 5.41) is 0. The molecule has 5 nitrogen and oxygen atoms in total. The molecule has 0 aliphatic carbocycles. The molecule has 0 amide bonds. The summed E-state index contributed by atoms with van der Waals surface area (Å²) < 4.78 is 10.9. The highest BCUT2D eigenvalue weighted by Gasteiger charge is 2.17. The Labute approximate surface area is 101 Å². The lowest BCUT2D eigenvalue weighted by atomic mass is 10.1. The predicted molar refractivity (Wildman–Crippen MR) is 65.0 cm³/mol. The fourth-order valence-electron chi connectivity index (χ4n) is 1.71. The van der Waals surface area contributed by atoms with Crippen LogP contribution in [0.4, 0.5) is 5.82 Å². The second-order valence-electron chi connectivity index (χ2n) is 4.68. The molecule has 1 unspecified atom stereocenters. The third-order valence-electron chi connectivity index (χ3n) is 2.75. The van der Waals surface area contributed by atoms with Gasteiger partial charge in [-0.2, -0.15) is 4.98 Å². The molecule has 1 saturated heterocycles. The molecule has 1 aromatic rings. The molecular weight excluding hydrogens is 218 g/mol. The minimum atomic E-state index is 0.246. The molecule has 94 valence electrons. The van der Waals surface area contributed by atoms with E-state index in [1.165, 1.54) is 0 Å². The minimum absolute atomic E-state index is 0.246. The Kier molecular flexibility index (Phi) is 3.78. The van der Waals surface area contributed by atoms with E-state index in [9.17, 15) is 0 Å². The van der Waals surface area contributed by atoms with Crippen molar-refractivity contribution in [2.24, 2.45) is 5.92 Å². The molecule has 5 heteroatoms. The third kappa shape index (κ3) is 3.30. The molecule has 0 radical (unpaired) electrons. The molecule has 2 N–H and O–H groups in total. The molecule has 1 atom stereocenters. The van der Waals surface area contributed by atoms with Crippen LogP contribution in [-0.4, -0.2) is 29.8 Å². The summed E-state index contributed by atoms with van der Waals surface area (Å²) in [7, 11) is 0. The predicted octanol–water partition coefficient (Wildman–Crippen LogP) is 1.60. The number of anilines is 1. The van der Waals surface area contributed by atoms with Gasteiger partial charge in [0.1, 0.15) is 11.6 Å². The van der Waals surface area contributed by atoms with Crippen molar-refractivity contribution < 1.29 is 9.47 Å². The van der Waals surface area contributed by atoms with Gasteiger partial charge in [0.15, 0.2) is 0 Å². The van der Waals surface area contributed by atoms with Gasteiger partial charge in [-0.15, -0.1) is 0 Å². The molecular formula is C12H19N3O2. The van der Waals surface area contributed by atoms with Crippen LogP contribution in [0.2, 0.25) is 0 Å². The van der Waals surface area contributed by atoms with E-state index in [2.05, 4.69) is 9.97 Å². The summed E-state index contributed by atoms with van der Waals surface area (Å²) in [5.41, 5.74) is 5.73. The highest BCUT2D eigenvalue weighted by molar-refractivity contribution is 5.33. The molecule has 0 bridgehead atoms. The van der Waals surface area contributed by atoms with E-state index < -0.39 is 0 Å². The van der Waals surface area contributed by atoms with Crippen LogP contribution in [0.15, 0.2) is 6.07 Å². The van der Waals surface area contributed by atoms with Crippen LogP contribution in [-0.2, 0) is 4.74 Å². The van der Waals surface area contributed by atoms with Gasteiger partial charge in [0, 0.05) is 24.5 Å². The van der Waals surface area contributed by atoms with E-state index in [0.29, 0.717) is 24.2 Å². The number of rotatable bonds is 4. The van der Waals surface area contributed by atoms with Crippen LogP contribution in [0.5, 0.6) is 5.88 Å². The standard InChI is InChI=1S/C12H19N3O2/c1-8(2)12-14-10(13)5-11(15-12)17-7-9-3-4-16-6-9/h5,8-9H,3-4,6-7H2,1-2H3,(H2,13,14,15). The maximum atomic E-state index is 5.73. The van der Waals surface area contributed by atoms with Gasteiger partial charge in [0.05, 0.1) is 13.2 Å². The second-order valence-corrected chi connectivity index (χ2v) is 4.68. The van der Waals surface area contributed by atoms with Crippen LogP contribution < -0.4 is 10.5 Å². The summed E-state index contributed by atoms with van der Waals surface area (Å²) in [6.45, 7) is 6.30. The average Bonchev–Trinajstić information content (AvgIpc) is 2.78. The molecule has 1 aliphatic heterocycles. The lowest BCUT2D eigenvalue weighted by Gasteiger charge is -2.11. The normalized spacial score (nSPS) is 19.8. The number of nitrogen functional groups attached to an aromatic ring is 1. The van der Waals surface area contributed by atoms with Crippen molar-refractivity contribution in [3.63, 3.8) is 0 Å². The van der Waals surface area contributed by atoms with Crippen molar-refractivity contribution in [3.05, 3.63) is 11.9 Å². The highest BCUT2D eigenvalue weighted by atomic mass is 16.5. The molecule has 2 rings (SSSR count). The molecule has 0 aromatic carbocycles. The number of nitrogens with two attached hydrogens (primary N) is 1.